The first-order chi connectivity index (χ1) is 7.11. The maximum absolute atomic E-state index is 11.5. The van der Waals surface area contributed by atoms with Gasteiger partial charge in [0.1, 0.15) is 0 Å². The van der Waals surface area contributed by atoms with Crippen molar-refractivity contribution in [3.8, 4) is 0 Å². The minimum atomic E-state index is -0.838. The molecule has 15 heavy (non-hydrogen) atoms. The van der Waals surface area contributed by atoms with Crippen LogP contribution in [0.3, 0.4) is 0 Å². The van der Waals surface area contributed by atoms with Crippen LogP contribution in [0.2, 0.25) is 0 Å². The fourth-order valence-corrected chi connectivity index (χ4v) is 2.02. The van der Waals surface area contributed by atoms with Crippen molar-refractivity contribution in [1.29, 1.82) is 0 Å². The molecule has 0 aromatic carbocycles. The zero-order valence-corrected chi connectivity index (χ0v) is 9.12. The molecule has 0 radical (unpaired) electrons. The van der Waals surface area contributed by atoms with Gasteiger partial charge in [0.2, 0.25) is 0 Å². The summed E-state index contributed by atoms with van der Waals surface area (Å²) in [6.45, 7) is 3.87. The summed E-state index contributed by atoms with van der Waals surface area (Å²) in [5, 5.41) is 0. The van der Waals surface area contributed by atoms with E-state index in [4.69, 9.17) is 0 Å². The molecule has 0 spiro atoms. The fraction of sp³-hybridized carbons (Fsp3) is 0.636. The van der Waals surface area contributed by atoms with Crippen LogP contribution in [0.25, 0.3) is 0 Å². The van der Waals surface area contributed by atoms with Gasteiger partial charge >= 0.3 is 11.9 Å². The van der Waals surface area contributed by atoms with Crippen molar-refractivity contribution in [2.45, 2.75) is 19.3 Å². The Kier molecular flexibility index (Phi) is 3.88. The van der Waals surface area contributed by atoms with E-state index in [1.54, 1.807) is 0 Å². The summed E-state index contributed by atoms with van der Waals surface area (Å²) in [5.74, 6) is -2.02. The van der Waals surface area contributed by atoms with Gasteiger partial charge in [0.15, 0.2) is 5.92 Å². The van der Waals surface area contributed by atoms with Gasteiger partial charge in [-0.05, 0) is 19.3 Å². The lowest BCUT2D eigenvalue weighted by molar-refractivity contribution is -0.160. The first kappa shape index (κ1) is 11.8. The Morgan fingerprint density at radius 2 is 1.87 bits per heavy atom. The summed E-state index contributed by atoms with van der Waals surface area (Å²) in [6, 6.07) is 0. The van der Waals surface area contributed by atoms with E-state index in [0.717, 1.165) is 24.8 Å². The molecule has 0 saturated heterocycles. The average molecular weight is 212 g/mol. The van der Waals surface area contributed by atoms with E-state index >= 15 is 0 Å². The highest BCUT2D eigenvalue weighted by Gasteiger charge is 2.39. The van der Waals surface area contributed by atoms with Gasteiger partial charge in [0, 0.05) is 5.92 Å². The Hall–Kier alpha value is -1.32. The Morgan fingerprint density at radius 3 is 2.20 bits per heavy atom. The summed E-state index contributed by atoms with van der Waals surface area (Å²) in [5.41, 5.74) is 0.941. The molecular formula is C11H16O4. The Bertz CT molecular complexity index is 266. The molecule has 84 valence electrons. The number of carbonyl (C=O) groups is 2. The summed E-state index contributed by atoms with van der Waals surface area (Å²) < 4.78 is 9.23. The SMILES string of the molecule is C=C1CCCC1C(C(=O)OC)C(=O)OC. The van der Waals surface area contributed by atoms with Gasteiger partial charge in [-0.1, -0.05) is 12.2 Å². The minimum Gasteiger partial charge on any atom is -0.468 e. The number of methoxy groups -OCH3 is 2. The van der Waals surface area contributed by atoms with Gasteiger partial charge in [-0.25, -0.2) is 0 Å². The molecule has 1 atom stereocenters. The molecule has 1 unspecified atom stereocenters. The molecule has 1 aliphatic rings. The molecule has 1 rings (SSSR count). The van der Waals surface area contributed by atoms with Crippen LogP contribution in [0.15, 0.2) is 12.2 Å². The molecule has 0 bridgehead atoms. The number of ether oxygens (including phenoxy) is 2. The second-order valence-corrected chi connectivity index (χ2v) is 3.68. The van der Waals surface area contributed by atoms with Crippen molar-refractivity contribution >= 4 is 11.9 Å². The lowest BCUT2D eigenvalue weighted by atomic mass is 9.88. The highest BCUT2D eigenvalue weighted by Crippen LogP contribution is 2.36. The van der Waals surface area contributed by atoms with Crippen LogP contribution in [-0.2, 0) is 19.1 Å². The maximum atomic E-state index is 11.5. The number of hydrogen-bond donors (Lipinski definition) is 0. The minimum absolute atomic E-state index is 0.120. The molecule has 0 N–H and O–H groups in total. The molecule has 0 aromatic rings. The van der Waals surface area contributed by atoms with E-state index in [-0.39, 0.29) is 5.92 Å². The Morgan fingerprint density at radius 1 is 1.33 bits per heavy atom. The lowest BCUT2D eigenvalue weighted by Crippen LogP contribution is -2.32. The number of allylic oxidation sites excluding steroid dienone is 1. The molecule has 0 amide bonds. The highest BCUT2D eigenvalue weighted by atomic mass is 16.5. The molecule has 1 saturated carbocycles. The van der Waals surface area contributed by atoms with Gasteiger partial charge in [-0.15, -0.1) is 0 Å². The van der Waals surface area contributed by atoms with E-state index in [1.807, 2.05) is 0 Å². The monoisotopic (exact) mass is 212 g/mol. The Labute approximate surface area is 89.2 Å². The van der Waals surface area contributed by atoms with Crippen LogP contribution in [0, 0.1) is 11.8 Å². The second kappa shape index (κ2) is 4.96. The molecular weight excluding hydrogens is 196 g/mol. The third-order valence-corrected chi connectivity index (χ3v) is 2.85. The van der Waals surface area contributed by atoms with Crippen molar-refractivity contribution in [1.82, 2.24) is 0 Å². The van der Waals surface area contributed by atoms with Crippen LogP contribution >= 0.6 is 0 Å². The lowest BCUT2D eigenvalue weighted by Gasteiger charge is -2.19. The van der Waals surface area contributed by atoms with E-state index in [0.29, 0.717) is 0 Å². The topological polar surface area (TPSA) is 52.6 Å². The third-order valence-electron chi connectivity index (χ3n) is 2.85. The smallest absolute Gasteiger partial charge is 0.320 e. The van der Waals surface area contributed by atoms with Crippen molar-refractivity contribution in [3.63, 3.8) is 0 Å². The third kappa shape index (κ3) is 2.37. The maximum Gasteiger partial charge on any atom is 0.320 e. The summed E-state index contributed by atoms with van der Waals surface area (Å²) >= 11 is 0. The molecule has 1 aliphatic carbocycles. The standard InChI is InChI=1S/C11H16O4/c1-7-5-4-6-8(7)9(10(12)14-2)11(13)15-3/h8-9H,1,4-6H2,2-3H3. The summed E-state index contributed by atoms with van der Waals surface area (Å²) in [4.78, 5) is 23.0. The fourth-order valence-electron chi connectivity index (χ4n) is 2.02. The first-order valence-corrected chi connectivity index (χ1v) is 4.95. The zero-order valence-electron chi connectivity index (χ0n) is 9.12. The summed E-state index contributed by atoms with van der Waals surface area (Å²) in [7, 11) is 2.55. The predicted molar refractivity (Wildman–Crippen MR) is 54.0 cm³/mol. The number of esters is 2. The highest BCUT2D eigenvalue weighted by molar-refractivity contribution is 5.95. The van der Waals surface area contributed by atoms with E-state index < -0.39 is 17.9 Å². The molecule has 0 heterocycles. The van der Waals surface area contributed by atoms with Crippen molar-refractivity contribution in [2.24, 2.45) is 11.8 Å². The Balaban J connectivity index is 2.84. The van der Waals surface area contributed by atoms with Gasteiger partial charge in [0.05, 0.1) is 14.2 Å². The number of carbonyl (C=O) groups excluding carboxylic acids is 2. The van der Waals surface area contributed by atoms with Crippen LogP contribution in [0.1, 0.15) is 19.3 Å². The first-order valence-electron chi connectivity index (χ1n) is 4.95. The number of rotatable bonds is 3. The van der Waals surface area contributed by atoms with Crippen LogP contribution in [0.5, 0.6) is 0 Å². The number of hydrogen-bond acceptors (Lipinski definition) is 4. The van der Waals surface area contributed by atoms with Gasteiger partial charge in [-0.3, -0.25) is 9.59 Å². The van der Waals surface area contributed by atoms with Gasteiger partial charge < -0.3 is 9.47 Å². The zero-order chi connectivity index (χ0) is 11.4. The van der Waals surface area contributed by atoms with E-state index in [9.17, 15) is 9.59 Å². The van der Waals surface area contributed by atoms with Crippen molar-refractivity contribution < 1.29 is 19.1 Å². The molecule has 1 fully saturated rings. The molecule has 4 heteroatoms. The summed E-state index contributed by atoms with van der Waals surface area (Å²) in [6.07, 6.45) is 2.64. The van der Waals surface area contributed by atoms with Gasteiger partial charge in [0.25, 0.3) is 0 Å². The molecule has 4 nitrogen and oxygen atoms in total. The second-order valence-electron chi connectivity index (χ2n) is 3.68. The quantitative estimate of drug-likeness (QED) is 0.402. The largest absolute Gasteiger partial charge is 0.468 e. The van der Waals surface area contributed by atoms with E-state index in [1.165, 1.54) is 14.2 Å². The van der Waals surface area contributed by atoms with Crippen LogP contribution in [-0.4, -0.2) is 26.2 Å². The van der Waals surface area contributed by atoms with Crippen LogP contribution in [0.4, 0.5) is 0 Å². The van der Waals surface area contributed by atoms with Crippen LogP contribution < -0.4 is 0 Å². The van der Waals surface area contributed by atoms with Gasteiger partial charge in [-0.2, -0.15) is 0 Å². The van der Waals surface area contributed by atoms with E-state index in [2.05, 4.69) is 16.1 Å². The predicted octanol–water partition coefficient (Wildman–Crippen LogP) is 1.30. The molecule has 0 aromatic heterocycles. The van der Waals surface area contributed by atoms with Crippen molar-refractivity contribution in [3.05, 3.63) is 12.2 Å². The van der Waals surface area contributed by atoms with Crippen molar-refractivity contribution in [2.75, 3.05) is 14.2 Å². The molecule has 0 aliphatic heterocycles. The average Bonchev–Trinajstić information content (AvgIpc) is 2.64. The normalized spacial score (nSPS) is 20.5.